The van der Waals surface area contributed by atoms with Gasteiger partial charge in [-0.15, -0.1) is 0 Å². The lowest BCUT2D eigenvalue weighted by Gasteiger charge is -2.38. The SMILES string of the molecule is CN(C)c1cc(N2CCC3(CCC3)C2)nn(CC=O)c1=O. The first kappa shape index (κ1) is 14.1. The molecule has 1 spiro atoms. The lowest BCUT2D eigenvalue weighted by molar-refractivity contribution is -0.108. The molecule has 0 N–H and O–H groups in total. The second-order valence-corrected chi connectivity index (χ2v) is 6.46. The number of carbonyl (C=O) groups is 1. The Labute approximate surface area is 124 Å². The van der Waals surface area contributed by atoms with E-state index in [2.05, 4.69) is 10.00 Å². The standard InChI is InChI=1S/C15H22N4O2/c1-17(2)12-10-13(16-19(8-9-20)14(12)21)18-7-6-15(11-18)4-3-5-15/h9-10H,3-8,11H2,1-2H3. The van der Waals surface area contributed by atoms with E-state index in [0.29, 0.717) is 11.1 Å². The topological polar surface area (TPSA) is 58.4 Å². The van der Waals surface area contributed by atoms with Crippen molar-refractivity contribution in [3.8, 4) is 0 Å². The second-order valence-electron chi connectivity index (χ2n) is 6.46. The van der Waals surface area contributed by atoms with Crippen molar-refractivity contribution in [2.75, 3.05) is 37.0 Å². The quantitative estimate of drug-likeness (QED) is 0.771. The fraction of sp³-hybridized carbons (Fsp3) is 0.667. The van der Waals surface area contributed by atoms with Crippen molar-refractivity contribution in [1.82, 2.24) is 9.78 Å². The van der Waals surface area contributed by atoms with Gasteiger partial charge < -0.3 is 14.6 Å². The van der Waals surface area contributed by atoms with Gasteiger partial charge in [0.2, 0.25) is 0 Å². The zero-order chi connectivity index (χ0) is 15.0. The van der Waals surface area contributed by atoms with E-state index >= 15 is 0 Å². The van der Waals surface area contributed by atoms with E-state index in [9.17, 15) is 9.59 Å². The van der Waals surface area contributed by atoms with E-state index in [1.165, 1.54) is 30.4 Å². The molecule has 2 heterocycles. The van der Waals surface area contributed by atoms with E-state index in [4.69, 9.17) is 0 Å². The van der Waals surface area contributed by atoms with Gasteiger partial charge in [-0.25, -0.2) is 4.68 Å². The highest BCUT2D eigenvalue weighted by Crippen LogP contribution is 2.48. The van der Waals surface area contributed by atoms with Crippen LogP contribution in [0.2, 0.25) is 0 Å². The molecule has 1 aromatic rings. The van der Waals surface area contributed by atoms with Crippen LogP contribution in [0.3, 0.4) is 0 Å². The lowest BCUT2D eigenvalue weighted by Crippen LogP contribution is -2.35. The monoisotopic (exact) mass is 290 g/mol. The molecule has 1 saturated heterocycles. The van der Waals surface area contributed by atoms with Gasteiger partial charge in [-0.05, 0) is 24.7 Å². The highest BCUT2D eigenvalue weighted by Gasteiger charge is 2.43. The summed E-state index contributed by atoms with van der Waals surface area (Å²) >= 11 is 0. The lowest BCUT2D eigenvalue weighted by atomic mass is 9.68. The number of nitrogens with zero attached hydrogens (tertiary/aromatic N) is 4. The fourth-order valence-electron chi connectivity index (χ4n) is 3.40. The van der Waals surface area contributed by atoms with Crippen LogP contribution in [-0.4, -0.2) is 43.3 Å². The Morgan fingerprint density at radius 2 is 2.14 bits per heavy atom. The van der Waals surface area contributed by atoms with Crippen molar-refractivity contribution in [3.05, 3.63) is 16.4 Å². The molecule has 1 aliphatic heterocycles. The summed E-state index contributed by atoms with van der Waals surface area (Å²) in [6.45, 7) is 2.01. The Hall–Kier alpha value is -1.85. The molecule has 0 amide bonds. The molecule has 6 nitrogen and oxygen atoms in total. The summed E-state index contributed by atoms with van der Waals surface area (Å²) in [4.78, 5) is 27.1. The van der Waals surface area contributed by atoms with Crippen LogP contribution >= 0.6 is 0 Å². The van der Waals surface area contributed by atoms with Crippen LogP contribution in [0.1, 0.15) is 25.7 Å². The molecule has 0 aromatic carbocycles. The highest BCUT2D eigenvalue weighted by atomic mass is 16.1. The van der Waals surface area contributed by atoms with Gasteiger partial charge in [-0.2, -0.15) is 5.10 Å². The zero-order valence-corrected chi connectivity index (χ0v) is 12.7. The first-order chi connectivity index (χ1) is 10.0. The normalized spacial score (nSPS) is 19.6. The van der Waals surface area contributed by atoms with E-state index in [1.807, 2.05) is 20.2 Å². The summed E-state index contributed by atoms with van der Waals surface area (Å²) in [7, 11) is 3.67. The summed E-state index contributed by atoms with van der Waals surface area (Å²) in [5.74, 6) is 0.809. The first-order valence-corrected chi connectivity index (χ1v) is 7.53. The number of hydrogen-bond donors (Lipinski definition) is 0. The molecule has 1 aromatic heterocycles. The van der Waals surface area contributed by atoms with Crippen molar-refractivity contribution < 1.29 is 4.79 Å². The summed E-state index contributed by atoms with van der Waals surface area (Å²) < 4.78 is 1.27. The summed E-state index contributed by atoms with van der Waals surface area (Å²) in [6, 6.07) is 1.85. The van der Waals surface area contributed by atoms with Crippen LogP contribution < -0.4 is 15.4 Å². The first-order valence-electron chi connectivity index (χ1n) is 7.53. The van der Waals surface area contributed by atoms with Crippen molar-refractivity contribution in [3.63, 3.8) is 0 Å². The third-order valence-electron chi connectivity index (χ3n) is 4.85. The number of aromatic nitrogens is 2. The maximum Gasteiger partial charge on any atom is 0.290 e. The Morgan fingerprint density at radius 3 is 2.67 bits per heavy atom. The Morgan fingerprint density at radius 1 is 1.38 bits per heavy atom. The van der Waals surface area contributed by atoms with Crippen LogP contribution in [0.25, 0.3) is 0 Å². The van der Waals surface area contributed by atoms with Crippen LogP contribution in [0.5, 0.6) is 0 Å². The minimum absolute atomic E-state index is 0.00644. The van der Waals surface area contributed by atoms with Crippen molar-refractivity contribution in [2.24, 2.45) is 5.41 Å². The van der Waals surface area contributed by atoms with E-state index in [-0.39, 0.29) is 12.1 Å². The van der Waals surface area contributed by atoms with Crippen LogP contribution in [0.15, 0.2) is 10.9 Å². The molecule has 3 rings (SSSR count). The Balaban J connectivity index is 1.94. The van der Waals surface area contributed by atoms with Gasteiger partial charge in [0.25, 0.3) is 5.56 Å². The zero-order valence-electron chi connectivity index (χ0n) is 12.7. The van der Waals surface area contributed by atoms with Gasteiger partial charge in [-0.3, -0.25) is 4.79 Å². The van der Waals surface area contributed by atoms with Gasteiger partial charge in [0.15, 0.2) is 5.82 Å². The van der Waals surface area contributed by atoms with E-state index in [1.54, 1.807) is 4.90 Å². The molecule has 2 aliphatic rings. The molecule has 114 valence electrons. The third kappa shape index (κ3) is 2.43. The highest BCUT2D eigenvalue weighted by molar-refractivity contribution is 5.55. The summed E-state index contributed by atoms with van der Waals surface area (Å²) in [5, 5.41) is 4.38. The molecule has 2 fully saturated rings. The molecule has 1 saturated carbocycles. The predicted octanol–water partition coefficient (Wildman–Crippen LogP) is 0.889. The number of hydrogen-bond acceptors (Lipinski definition) is 5. The van der Waals surface area contributed by atoms with Crippen LogP contribution in [0.4, 0.5) is 11.5 Å². The maximum atomic E-state index is 12.2. The minimum Gasteiger partial charge on any atom is -0.373 e. The van der Waals surface area contributed by atoms with Crippen molar-refractivity contribution >= 4 is 17.8 Å². The molecule has 0 unspecified atom stereocenters. The van der Waals surface area contributed by atoms with E-state index in [0.717, 1.165) is 25.2 Å². The minimum atomic E-state index is -0.214. The molecule has 21 heavy (non-hydrogen) atoms. The molecule has 0 radical (unpaired) electrons. The smallest absolute Gasteiger partial charge is 0.290 e. The number of anilines is 2. The predicted molar refractivity (Wildman–Crippen MR) is 82.0 cm³/mol. The second kappa shape index (κ2) is 5.16. The molecular weight excluding hydrogens is 268 g/mol. The Bertz CT molecular complexity index is 604. The average molecular weight is 290 g/mol. The van der Waals surface area contributed by atoms with Crippen LogP contribution in [0, 0.1) is 5.41 Å². The van der Waals surface area contributed by atoms with Gasteiger partial charge in [0.1, 0.15) is 18.5 Å². The molecule has 0 bridgehead atoms. The van der Waals surface area contributed by atoms with Crippen molar-refractivity contribution in [1.29, 1.82) is 0 Å². The maximum absolute atomic E-state index is 12.2. The molecule has 1 aliphatic carbocycles. The van der Waals surface area contributed by atoms with Gasteiger partial charge in [0, 0.05) is 33.3 Å². The molecule has 6 heteroatoms. The largest absolute Gasteiger partial charge is 0.373 e. The number of carbonyl (C=O) groups excluding carboxylic acids is 1. The number of rotatable bonds is 4. The summed E-state index contributed by atoms with van der Waals surface area (Å²) in [6.07, 6.45) is 5.86. The molecular formula is C15H22N4O2. The Kier molecular flexibility index (Phi) is 3.47. The number of aldehydes is 1. The average Bonchev–Trinajstić information content (AvgIpc) is 2.86. The summed E-state index contributed by atoms with van der Waals surface area (Å²) in [5.41, 5.74) is 0.843. The van der Waals surface area contributed by atoms with Gasteiger partial charge >= 0.3 is 0 Å². The molecule has 0 atom stereocenters. The van der Waals surface area contributed by atoms with Gasteiger partial charge in [0.05, 0.1) is 0 Å². The fourth-order valence-corrected chi connectivity index (χ4v) is 3.40. The van der Waals surface area contributed by atoms with E-state index < -0.39 is 0 Å². The van der Waals surface area contributed by atoms with Crippen molar-refractivity contribution in [2.45, 2.75) is 32.2 Å². The third-order valence-corrected chi connectivity index (χ3v) is 4.85. The van der Waals surface area contributed by atoms with Crippen LogP contribution in [-0.2, 0) is 11.3 Å². The van der Waals surface area contributed by atoms with Gasteiger partial charge in [-0.1, -0.05) is 6.42 Å².